The Kier molecular flexibility index (Phi) is 3.59. The lowest BCUT2D eigenvalue weighted by Gasteiger charge is -2.09. The van der Waals surface area contributed by atoms with Crippen molar-refractivity contribution in [3.8, 4) is 0 Å². The van der Waals surface area contributed by atoms with Crippen LogP contribution in [-0.2, 0) is 17.8 Å². The van der Waals surface area contributed by atoms with Crippen LogP contribution in [-0.4, -0.2) is 15.7 Å². The number of amides is 1. The van der Waals surface area contributed by atoms with Gasteiger partial charge in [-0.25, -0.2) is 0 Å². The van der Waals surface area contributed by atoms with Gasteiger partial charge in [-0.05, 0) is 31.5 Å². The molecule has 0 aliphatic carbocycles. The minimum atomic E-state index is 0.0106. The number of nitrogens with one attached hydrogen (secondary N) is 2. The number of rotatable bonds is 4. The molecular formula is C15H17ClN4O. The molecular weight excluding hydrogens is 288 g/mol. The molecule has 1 amide bonds. The van der Waals surface area contributed by atoms with E-state index in [1.165, 1.54) is 0 Å². The van der Waals surface area contributed by atoms with Crippen molar-refractivity contribution in [3.05, 3.63) is 40.7 Å². The molecule has 5 nitrogen and oxygen atoms in total. The third kappa shape index (κ3) is 2.88. The van der Waals surface area contributed by atoms with Gasteiger partial charge in [-0.3, -0.25) is 9.48 Å². The number of hydrogen-bond donors (Lipinski definition) is 2. The summed E-state index contributed by atoms with van der Waals surface area (Å²) < 4.78 is 1.92. The Labute approximate surface area is 128 Å². The van der Waals surface area contributed by atoms with Crippen LogP contribution in [0.4, 0.5) is 11.4 Å². The lowest BCUT2D eigenvalue weighted by Crippen LogP contribution is -2.03. The van der Waals surface area contributed by atoms with Gasteiger partial charge < -0.3 is 10.6 Å². The zero-order chi connectivity index (χ0) is 15.0. The van der Waals surface area contributed by atoms with Crippen molar-refractivity contribution in [3.63, 3.8) is 0 Å². The van der Waals surface area contributed by atoms with Gasteiger partial charge in [0.25, 0.3) is 0 Å². The number of halogens is 1. The maximum absolute atomic E-state index is 11.4. The van der Waals surface area contributed by atoms with Crippen LogP contribution in [0.15, 0.2) is 24.5 Å². The molecule has 6 heteroatoms. The summed E-state index contributed by atoms with van der Waals surface area (Å²) in [6.45, 7) is 4.82. The molecule has 21 heavy (non-hydrogen) atoms. The highest BCUT2D eigenvalue weighted by Crippen LogP contribution is 2.33. The van der Waals surface area contributed by atoms with Gasteiger partial charge in [0.05, 0.1) is 23.3 Å². The van der Waals surface area contributed by atoms with Crippen molar-refractivity contribution >= 4 is 28.9 Å². The number of hydrogen-bond acceptors (Lipinski definition) is 3. The highest BCUT2D eigenvalue weighted by Gasteiger charge is 2.19. The summed E-state index contributed by atoms with van der Waals surface area (Å²) in [5.41, 5.74) is 3.71. The quantitative estimate of drug-likeness (QED) is 0.912. The molecule has 0 atom stereocenters. The molecule has 2 aromatic rings. The minimum Gasteiger partial charge on any atom is -0.380 e. The van der Waals surface area contributed by atoms with E-state index in [1.807, 2.05) is 23.1 Å². The van der Waals surface area contributed by atoms with Crippen LogP contribution >= 0.6 is 11.6 Å². The van der Waals surface area contributed by atoms with Crippen molar-refractivity contribution in [2.24, 2.45) is 0 Å². The van der Waals surface area contributed by atoms with Crippen LogP contribution in [0.5, 0.6) is 0 Å². The minimum absolute atomic E-state index is 0.0106. The third-order valence-corrected chi connectivity index (χ3v) is 3.80. The zero-order valence-corrected chi connectivity index (χ0v) is 12.7. The Bertz CT molecular complexity index is 693. The van der Waals surface area contributed by atoms with Crippen molar-refractivity contribution in [1.29, 1.82) is 0 Å². The van der Waals surface area contributed by atoms with Gasteiger partial charge in [0.15, 0.2) is 0 Å². The van der Waals surface area contributed by atoms with E-state index < -0.39 is 0 Å². The van der Waals surface area contributed by atoms with E-state index in [9.17, 15) is 4.79 Å². The lowest BCUT2D eigenvalue weighted by atomic mass is 10.1. The first-order chi connectivity index (χ1) is 10.0. The van der Waals surface area contributed by atoms with E-state index in [0.29, 0.717) is 24.0 Å². The summed E-state index contributed by atoms with van der Waals surface area (Å²) in [4.78, 5) is 11.4. The molecule has 1 aromatic heterocycles. The standard InChI is InChI=1S/C15H17ClN4O/c1-9(2)20-8-10(7-18-20)6-17-14-3-11-4-15(21)19-13(11)5-12(14)16/h3,5,7-9,17H,4,6H2,1-2H3,(H,19,21). The van der Waals surface area contributed by atoms with Crippen LogP contribution in [0, 0.1) is 0 Å². The first kappa shape index (κ1) is 13.9. The SMILES string of the molecule is CC(C)n1cc(CNc2cc3c(cc2Cl)NC(=O)C3)cn1. The summed E-state index contributed by atoms with van der Waals surface area (Å²) >= 11 is 6.24. The first-order valence-electron chi connectivity index (χ1n) is 6.92. The van der Waals surface area contributed by atoms with E-state index in [-0.39, 0.29) is 5.91 Å². The maximum Gasteiger partial charge on any atom is 0.228 e. The summed E-state index contributed by atoms with van der Waals surface area (Å²) in [6.07, 6.45) is 4.27. The average Bonchev–Trinajstić information content (AvgIpc) is 3.01. The first-order valence-corrected chi connectivity index (χ1v) is 7.30. The van der Waals surface area contributed by atoms with Crippen LogP contribution < -0.4 is 10.6 Å². The third-order valence-electron chi connectivity index (χ3n) is 3.49. The molecule has 0 bridgehead atoms. The van der Waals surface area contributed by atoms with Gasteiger partial charge >= 0.3 is 0 Å². The van der Waals surface area contributed by atoms with E-state index in [0.717, 1.165) is 22.5 Å². The topological polar surface area (TPSA) is 59.0 Å². The zero-order valence-electron chi connectivity index (χ0n) is 12.0. The molecule has 2 heterocycles. The molecule has 0 saturated heterocycles. The predicted molar refractivity (Wildman–Crippen MR) is 83.7 cm³/mol. The van der Waals surface area contributed by atoms with Crippen LogP contribution in [0.25, 0.3) is 0 Å². The lowest BCUT2D eigenvalue weighted by molar-refractivity contribution is -0.115. The fourth-order valence-electron chi connectivity index (χ4n) is 2.33. The highest BCUT2D eigenvalue weighted by molar-refractivity contribution is 6.33. The molecule has 1 aromatic carbocycles. The van der Waals surface area contributed by atoms with Crippen molar-refractivity contribution in [1.82, 2.24) is 9.78 Å². The van der Waals surface area contributed by atoms with Gasteiger partial charge in [-0.1, -0.05) is 11.6 Å². The van der Waals surface area contributed by atoms with Crippen LogP contribution in [0.3, 0.4) is 0 Å². The van der Waals surface area contributed by atoms with Gasteiger partial charge in [-0.2, -0.15) is 5.10 Å². The van der Waals surface area contributed by atoms with E-state index in [4.69, 9.17) is 11.6 Å². The molecule has 0 unspecified atom stereocenters. The molecule has 110 valence electrons. The number of benzene rings is 1. The highest BCUT2D eigenvalue weighted by atomic mass is 35.5. The normalized spacial score (nSPS) is 13.4. The maximum atomic E-state index is 11.4. The Balaban J connectivity index is 1.73. The molecule has 2 N–H and O–H groups in total. The Morgan fingerprint density at radius 1 is 1.48 bits per heavy atom. The molecule has 0 saturated carbocycles. The summed E-state index contributed by atoms with van der Waals surface area (Å²) in [6, 6.07) is 4.07. The van der Waals surface area contributed by atoms with Crippen molar-refractivity contribution < 1.29 is 4.79 Å². The molecule has 0 fully saturated rings. The Morgan fingerprint density at radius 2 is 2.29 bits per heavy atom. The van der Waals surface area contributed by atoms with Gasteiger partial charge in [0, 0.05) is 30.0 Å². The Morgan fingerprint density at radius 3 is 3.00 bits per heavy atom. The summed E-state index contributed by atoms with van der Waals surface area (Å²) in [7, 11) is 0. The second-order valence-corrected chi connectivity index (χ2v) is 5.90. The van der Waals surface area contributed by atoms with E-state index in [2.05, 4.69) is 29.6 Å². The molecule has 1 aliphatic heterocycles. The average molecular weight is 305 g/mol. The number of anilines is 2. The smallest absolute Gasteiger partial charge is 0.228 e. The molecule has 3 rings (SSSR count). The van der Waals surface area contributed by atoms with E-state index >= 15 is 0 Å². The van der Waals surface area contributed by atoms with Crippen molar-refractivity contribution in [2.75, 3.05) is 10.6 Å². The van der Waals surface area contributed by atoms with Crippen molar-refractivity contribution in [2.45, 2.75) is 32.9 Å². The monoisotopic (exact) mass is 304 g/mol. The summed E-state index contributed by atoms with van der Waals surface area (Å²) in [5.74, 6) is 0.0106. The fourth-order valence-corrected chi connectivity index (χ4v) is 2.56. The number of aromatic nitrogens is 2. The number of fused-ring (bicyclic) bond motifs is 1. The fraction of sp³-hybridized carbons (Fsp3) is 0.333. The second kappa shape index (κ2) is 5.41. The largest absolute Gasteiger partial charge is 0.380 e. The number of carbonyl (C=O) groups excluding carboxylic acids is 1. The summed E-state index contributed by atoms with van der Waals surface area (Å²) in [5, 5.41) is 11.0. The molecule has 1 aliphatic rings. The number of carbonyl (C=O) groups is 1. The molecule has 0 radical (unpaired) electrons. The molecule has 0 spiro atoms. The number of nitrogens with zero attached hydrogens (tertiary/aromatic N) is 2. The van der Waals surface area contributed by atoms with Gasteiger partial charge in [0.1, 0.15) is 0 Å². The van der Waals surface area contributed by atoms with Gasteiger partial charge in [0.2, 0.25) is 5.91 Å². The second-order valence-electron chi connectivity index (χ2n) is 5.49. The van der Waals surface area contributed by atoms with Crippen LogP contribution in [0.2, 0.25) is 5.02 Å². The van der Waals surface area contributed by atoms with Crippen LogP contribution in [0.1, 0.15) is 31.0 Å². The Hall–Kier alpha value is -2.01. The van der Waals surface area contributed by atoms with Gasteiger partial charge in [-0.15, -0.1) is 0 Å². The van der Waals surface area contributed by atoms with E-state index in [1.54, 1.807) is 6.07 Å². The predicted octanol–water partition coefficient (Wildman–Crippen LogP) is 3.22.